The van der Waals surface area contributed by atoms with Gasteiger partial charge in [0.25, 0.3) is 0 Å². The summed E-state index contributed by atoms with van der Waals surface area (Å²) in [7, 11) is 0. The summed E-state index contributed by atoms with van der Waals surface area (Å²) < 4.78 is 69.2. The Labute approximate surface area is 98.4 Å². The molecule has 2 aromatic carbocycles. The van der Waals surface area contributed by atoms with Crippen molar-refractivity contribution in [2.45, 2.75) is 0 Å². The van der Waals surface area contributed by atoms with Gasteiger partial charge in [-0.3, -0.25) is 0 Å². The van der Waals surface area contributed by atoms with E-state index in [0.29, 0.717) is 0 Å². The van der Waals surface area contributed by atoms with Crippen LogP contribution in [0, 0.1) is 35.2 Å². The third-order valence-corrected chi connectivity index (χ3v) is 2.04. The van der Waals surface area contributed by atoms with E-state index >= 15 is 0 Å². The standard InChI is InChI=1S/C12H4F5O/c13-6-1-3-7(4-2-6)18-12-10(16)8(14)5-9(15)11(12)17/h1-4H. The molecule has 0 amide bonds. The van der Waals surface area contributed by atoms with Gasteiger partial charge in [0.2, 0.25) is 17.4 Å². The van der Waals surface area contributed by atoms with Gasteiger partial charge in [-0.2, -0.15) is 8.78 Å². The summed E-state index contributed by atoms with van der Waals surface area (Å²) in [5.41, 5.74) is 0. The molecule has 2 rings (SSSR count). The Balaban J connectivity index is 2.42. The molecule has 0 N–H and O–H groups in total. The molecule has 0 atom stereocenters. The summed E-state index contributed by atoms with van der Waals surface area (Å²) in [5.74, 6) is -8.83. The van der Waals surface area contributed by atoms with Crippen LogP contribution in [0.1, 0.15) is 0 Å². The highest BCUT2D eigenvalue weighted by Crippen LogP contribution is 2.30. The molecule has 93 valence electrons. The van der Waals surface area contributed by atoms with E-state index in [-0.39, 0.29) is 5.75 Å². The highest BCUT2D eigenvalue weighted by molar-refractivity contribution is 5.34. The minimum Gasteiger partial charge on any atom is -0.451 e. The number of ether oxygens (including phenoxy) is 1. The van der Waals surface area contributed by atoms with Crippen molar-refractivity contribution in [3.63, 3.8) is 0 Å². The first-order valence-corrected chi connectivity index (χ1v) is 4.67. The van der Waals surface area contributed by atoms with Crippen LogP contribution >= 0.6 is 0 Å². The van der Waals surface area contributed by atoms with Gasteiger partial charge in [-0.25, -0.2) is 13.2 Å². The van der Waals surface area contributed by atoms with Gasteiger partial charge in [0.15, 0.2) is 11.6 Å². The van der Waals surface area contributed by atoms with E-state index in [1.165, 1.54) is 6.07 Å². The van der Waals surface area contributed by atoms with E-state index < -0.39 is 34.8 Å². The van der Waals surface area contributed by atoms with Crippen LogP contribution in [0.3, 0.4) is 0 Å². The van der Waals surface area contributed by atoms with Gasteiger partial charge in [-0.1, -0.05) is 0 Å². The van der Waals surface area contributed by atoms with Crippen LogP contribution < -0.4 is 4.74 Å². The average molecular weight is 259 g/mol. The van der Waals surface area contributed by atoms with Gasteiger partial charge in [0.05, 0.1) is 6.07 Å². The molecule has 1 radical (unpaired) electrons. The summed E-state index contributed by atoms with van der Waals surface area (Å²) in [5, 5.41) is 0. The topological polar surface area (TPSA) is 9.23 Å². The molecule has 0 heterocycles. The zero-order valence-corrected chi connectivity index (χ0v) is 8.61. The molecular formula is C12H4F5O. The number of halogens is 5. The van der Waals surface area contributed by atoms with Crippen LogP contribution in [0.4, 0.5) is 22.0 Å². The lowest BCUT2D eigenvalue weighted by atomic mass is 10.3. The lowest BCUT2D eigenvalue weighted by Gasteiger charge is -2.08. The van der Waals surface area contributed by atoms with E-state index in [1.807, 2.05) is 0 Å². The SMILES string of the molecule is Fc1ccc(Oc2c(F)c(F)[c]c(F)c2F)cc1. The first kappa shape index (κ1) is 12.3. The van der Waals surface area contributed by atoms with Crippen LogP contribution in [-0.2, 0) is 0 Å². The number of rotatable bonds is 2. The molecule has 1 nitrogen and oxygen atoms in total. The van der Waals surface area contributed by atoms with Crippen LogP contribution in [-0.4, -0.2) is 0 Å². The Bertz CT molecular complexity index is 554. The van der Waals surface area contributed by atoms with Crippen molar-refractivity contribution < 1.29 is 26.7 Å². The predicted octanol–water partition coefficient (Wildman–Crippen LogP) is 3.97. The monoisotopic (exact) mass is 259 g/mol. The molecular weight excluding hydrogens is 255 g/mol. The van der Waals surface area contributed by atoms with E-state index in [4.69, 9.17) is 0 Å². The Morgan fingerprint density at radius 2 is 1.28 bits per heavy atom. The third kappa shape index (κ3) is 2.27. The van der Waals surface area contributed by atoms with Crippen molar-refractivity contribution in [1.82, 2.24) is 0 Å². The molecule has 18 heavy (non-hydrogen) atoms. The Morgan fingerprint density at radius 3 is 1.78 bits per heavy atom. The summed E-state index contributed by atoms with van der Waals surface area (Å²) in [6, 6.07) is 5.26. The smallest absolute Gasteiger partial charge is 0.205 e. The summed E-state index contributed by atoms with van der Waals surface area (Å²) in [4.78, 5) is 0. The van der Waals surface area contributed by atoms with Crippen LogP contribution in [0.5, 0.6) is 11.5 Å². The quantitative estimate of drug-likeness (QED) is 0.585. The fourth-order valence-electron chi connectivity index (χ4n) is 1.21. The highest BCUT2D eigenvalue weighted by atomic mass is 19.2. The van der Waals surface area contributed by atoms with Gasteiger partial charge in [-0.05, 0) is 24.3 Å². The Hall–Kier alpha value is -2.11. The Kier molecular flexibility index (Phi) is 3.18. The molecule has 0 aliphatic heterocycles. The fraction of sp³-hybridized carbons (Fsp3) is 0. The Morgan fingerprint density at radius 1 is 0.778 bits per heavy atom. The van der Waals surface area contributed by atoms with E-state index in [1.54, 1.807) is 0 Å². The van der Waals surface area contributed by atoms with E-state index in [2.05, 4.69) is 4.74 Å². The zero-order valence-electron chi connectivity index (χ0n) is 8.61. The van der Waals surface area contributed by atoms with Crippen LogP contribution in [0.2, 0.25) is 0 Å². The molecule has 6 heteroatoms. The van der Waals surface area contributed by atoms with Gasteiger partial charge in [-0.15, -0.1) is 0 Å². The van der Waals surface area contributed by atoms with Gasteiger partial charge >= 0.3 is 0 Å². The normalized spacial score (nSPS) is 10.5. The van der Waals surface area contributed by atoms with Crippen molar-refractivity contribution in [2.75, 3.05) is 0 Å². The number of hydrogen-bond acceptors (Lipinski definition) is 1. The molecule has 0 unspecified atom stereocenters. The molecule has 0 aliphatic carbocycles. The third-order valence-electron chi connectivity index (χ3n) is 2.04. The minimum atomic E-state index is -1.71. The minimum absolute atomic E-state index is 0.167. The molecule has 0 saturated carbocycles. The predicted molar refractivity (Wildman–Crippen MR) is 51.6 cm³/mol. The molecule has 2 aromatic rings. The molecule has 0 fully saturated rings. The number of hydrogen-bond donors (Lipinski definition) is 0. The van der Waals surface area contributed by atoms with Crippen LogP contribution in [0.15, 0.2) is 24.3 Å². The lowest BCUT2D eigenvalue weighted by molar-refractivity contribution is 0.364. The second-order valence-corrected chi connectivity index (χ2v) is 3.27. The molecule has 0 saturated heterocycles. The maximum Gasteiger partial charge on any atom is 0.205 e. The van der Waals surface area contributed by atoms with Gasteiger partial charge in [0, 0.05) is 0 Å². The van der Waals surface area contributed by atoms with E-state index in [0.717, 1.165) is 24.3 Å². The molecule has 0 aromatic heterocycles. The highest BCUT2D eigenvalue weighted by Gasteiger charge is 2.21. The second-order valence-electron chi connectivity index (χ2n) is 3.27. The number of benzene rings is 2. The maximum atomic E-state index is 13.2. The average Bonchev–Trinajstić information content (AvgIpc) is 2.34. The van der Waals surface area contributed by atoms with Crippen molar-refractivity contribution in [2.24, 2.45) is 0 Å². The second kappa shape index (κ2) is 4.64. The molecule has 0 aliphatic rings. The first-order valence-electron chi connectivity index (χ1n) is 4.67. The summed E-state index contributed by atoms with van der Waals surface area (Å²) in [6.45, 7) is 0. The van der Waals surface area contributed by atoms with Gasteiger partial charge in [0.1, 0.15) is 11.6 Å². The largest absolute Gasteiger partial charge is 0.451 e. The molecule has 0 spiro atoms. The summed E-state index contributed by atoms with van der Waals surface area (Å²) >= 11 is 0. The van der Waals surface area contributed by atoms with Crippen molar-refractivity contribution >= 4 is 0 Å². The van der Waals surface area contributed by atoms with Crippen molar-refractivity contribution in [3.05, 3.63) is 59.4 Å². The fourth-order valence-corrected chi connectivity index (χ4v) is 1.21. The summed E-state index contributed by atoms with van der Waals surface area (Å²) in [6.07, 6.45) is 0. The van der Waals surface area contributed by atoms with Gasteiger partial charge < -0.3 is 4.74 Å². The molecule has 0 bridgehead atoms. The zero-order chi connectivity index (χ0) is 13.3. The maximum absolute atomic E-state index is 13.2. The lowest BCUT2D eigenvalue weighted by Crippen LogP contribution is -1.99. The van der Waals surface area contributed by atoms with E-state index in [9.17, 15) is 22.0 Å². The first-order chi connectivity index (χ1) is 8.49. The van der Waals surface area contributed by atoms with Crippen molar-refractivity contribution in [1.29, 1.82) is 0 Å². The van der Waals surface area contributed by atoms with Crippen molar-refractivity contribution in [3.8, 4) is 11.5 Å². The van der Waals surface area contributed by atoms with Crippen LogP contribution in [0.25, 0.3) is 0 Å².